The Morgan fingerprint density at radius 1 is 1.00 bits per heavy atom. The maximum atomic E-state index is 13.7. The van der Waals surface area contributed by atoms with E-state index in [2.05, 4.69) is 5.32 Å². The lowest BCUT2D eigenvalue weighted by Crippen LogP contribution is -2.40. The third-order valence-corrected chi connectivity index (χ3v) is 6.59. The quantitative estimate of drug-likeness (QED) is 0.369. The molecule has 0 fully saturated rings. The summed E-state index contributed by atoms with van der Waals surface area (Å²) in [5.74, 6) is -1.25. The van der Waals surface area contributed by atoms with Crippen LogP contribution in [0.15, 0.2) is 65.6 Å². The monoisotopic (exact) mass is 517 g/mol. The molecule has 1 heterocycles. The van der Waals surface area contributed by atoms with Gasteiger partial charge in [-0.1, -0.05) is 56.3 Å². The zero-order valence-electron chi connectivity index (χ0n) is 23.2. The number of rotatable bonds is 11. The Hall–Kier alpha value is -3.71. The second kappa shape index (κ2) is 12.7. The number of carboxylic acid groups (broad SMARTS) is 1. The zero-order valence-corrected chi connectivity index (χ0v) is 23.2. The minimum atomic E-state index is -1.02. The van der Waals surface area contributed by atoms with Crippen LogP contribution in [0.3, 0.4) is 0 Å². The Morgan fingerprint density at radius 3 is 2.26 bits per heavy atom. The number of pyridine rings is 1. The van der Waals surface area contributed by atoms with Crippen molar-refractivity contribution < 1.29 is 14.7 Å². The summed E-state index contributed by atoms with van der Waals surface area (Å²) < 4.78 is 1.49. The molecule has 7 nitrogen and oxygen atoms in total. The SMILES string of the molecule is Cc1cccc(C)c1-c1cccc(C(CC(=O)O)NC(=O)C(CC(C)C)n2cc(CN(C)C)ccc2=O)c1. The number of nitrogens with zero attached hydrogens (tertiary/aromatic N) is 2. The molecule has 0 radical (unpaired) electrons. The molecule has 2 aromatic carbocycles. The number of nitrogens with one attached hydrogen (secondary N) is 1. The van der Waals surface area contributed by atoms with Crippen molar-refractivity contribution >= 4 is 11.9 Å². The van der Waals surface area contributed by atoms with Crippen LogP contribution < -0.4 is 10.9 Å². The van der Waals surface area contributed by atoms with Crippen LogP contribution in [0.2, 0.25) is 0 Å². The zero-order chi connectivity index (χ0) is 28.0. The highest BCUT2D eigenvalue weighted by Gasteiger charge is 2.27. The molecule has 3 rings (SSSR count). The summed E-state index contributed by atoms with van der Waals surface area (Å²) >= 11 is 0. The van der Waals surface area contributed by atoms with E-state index in [-0.39, 0.29) is 23.8 Å². The topological polar surface area (TPSA) is 91.6 Å². The lowest BCUT2D eigenvalue weighted by Gasteiger charge is -2.26. The number of aryl methyl sites for hydroxylation is 2. The molecule has 0 aliphatic heterocycles. The second-order valence-corrected chi connectivity index (χ2v) is 10.7. The van der Waals surface area contributed by atoms with Gasteiger partial charge in [0.15, 0.2) is 0 Å². The van der Waals surface area contributed by atoms with Crippen LogP contribution in [0.25, 0.3) is 11.1 Å². The minimum absolute atomic E-state index is 0.139. The van der Waals surface area contributed by atoms with Gasteiger partial charge in [0.1, 0.15) is 6.04 Å². The van der Waals surface area contributed by atoms with Crippen LogP contribution >= 0.6 is 0 Å². The Kier molecular flexibility index (Phi) is 9.64. The van der Waals surface area contributed by atoms with E-state index in [9.17, 15) is 19.5 Å². The summed E-state index contributed by atoms with van der Waals surface area (Å²) in [7, 11) is 3.88. The molecule has 3 aromatic rings. The smallest absolute Gasteiger partial charge is 0.305 e. The van der Waals surface area contributed by atoms with Gasteiger partial charge in [0.25, 0.3) is 5.56 Å². The van der Waals surface area contributed by atoms with Gasteiger partial charge in [-0.15, -0.1) is 0 Å². The average molecular weight is 518 g/mol. The second-order valence-electron chi connectivity index (χ2n) is 10.7. The fourth-order valence-corrected chi connectivity index (χ4v) is 4.92. The molecule has 0 saturated heterocycles. The third kappa shape index (κ3) is 7.42. The first kappa shape index (κ1) is 28.9. The predicted octanol–water partition coefficient (Wildman–Crippen LogP) is 5.11. The van der Waals surface area contributed by atoms with Crippen LogP contribution in [-0.4, -0.2) is 40.5 Å². The first-order chi connectivity index (χ1) is 18.0. The highest BCUT2D eigenvalue weighted by molar-refractivity contribution is 5.82. The van der Waals surface area contributed by atoms with Gasteiger partial charge >= 0.3 is 5.97 Å². The Labute approximate surface area is 225 Å². The van der Waals surface area contributed by atoms with E-state index in [1.54, 1.807) is 12.3 Å². The molecule has 0 saturated carbocycles. The van der Waals surface area contributed by atoms with E-state index in [1.807, 2.05) is 89.2 Å². The number of benzene rings is 2. The van der Waals surface area contributed by atoms with Crippen molar-refractivity contribution in [3.05, 3.63) is 93.4 Å². The van der Waals surface area contributed by atoms with Crippen molar-refractivity contribution in [2.45, 2.75) is 59.2 Å². The van der Waals surface area contributed by atoms with Crippen molar-refractivity contribution in [2.24, 2.45) is 5.92 Å². The van der Waals surface area contributed by atoms with Crippen molar-refractivity contribution in [1.82, 2.24) is 14.8 Å². The highest BCUT2D eigenvalue weighted by atomic mass is 16.4. The molecular weight excluding hydrogens is 478 g/mol. The van der Waals surface area contributed by atoms with Gasteiger partial charge in [0, 0.05) is 18.8 Å². The Balaban J connectivity index is 1.99. The highest BCUT2D eigenvalue weighted by Crippen LogP contribution is 2.30. The third-order valence-electron chi connectivity index (χ3n) is 6.59. The van der Waals surface area contributed by atoms with Crippen LogP contribution in [0.1, 0.15) is 61.0 Å². The van der Waals surface area contributed by atoms with Crippen LogP contribution in [0, 0.1) is 19.8 Å². The first-order valence-electron chi connectivity index (χ1n) is 13.0. The van der Waals surface area contributed by atoms with Gasteiger partial charge in [-0.2, -0.15) is 0 Å². The molecule has 0 bridgehead atoms. The fourth-order valence-electron chi connectivity index (χ4n) is 4.92. The molecule has 0 spiro atoms. The molecule has 2 unspecified atom stereocenters. The van der Waals surface area contributed by atoms with Crippen LogP contribution in [0.5, 0.6) is 0 Å². The molecule has 1 aromatic heterocycles. The van der Waals surface area contributed by atoms with E-state index in [1.165, 1.54) is 10.6 Å². The van der Waals surface area contributed by atoms with Crippen molar-refractivity contribution in [3.63, 3.8) is 0 Å². The van der Waals surface area contributed by atoms with Gasteiger partial charge in [0.2, 0.25) is 5.91 Å². The van der Waals surface area contributed by atoms with E-state index < -0.39 is 18.1 Å². The number of carbonyl (C=O) groups excluding carboxylic acids is 1. The lowest BCUT2D eigenvalue weighted by atomic mass is 9.92. The first-order valence-corrected chi connectivity index (χ1v) is 13.0. The van der Waals surface area contributed by atoms with Gasteiger partial charge in [-0.25, -0.2) is 0 Å². The molecular formula is C31H39N3O4. The molecule has 202 valence electrons. The van der Waals surface area contributed by atoms with Crippen LogP contribution in [-0.2, 0) is 16.1 Å². The number of hydrogen-bond acceptors (Lipinski definition) is 4. The van der Waals surface area contributed by atoms with Gasteiger partial charge in [0.05, 0.1) is 12.5 Å². The average Bonchev–Trinajstić information content (AvgIpc) is 2.83. The molecule has 2 atom stereocenters. The number of aliphatic carboxylic acids is 1. The van der Waals surface area contributed by atoms with Crippen LogP contribution in [0.4, 0.5) is 0 Å². The predicted molar refractivity (Wildman–Crippen MR) is 151 cm³/mol. The largest absolute Gasteiger partial charge is 0.481 e. The maximum Gasteiger partial charge on any atom is 0.305 e. The van der Waals surface area contributed by atoms with Crippen molar-refractivity contribution in [1.29, 1.82) is 0 Å². The van der Waals surface area contributed by atoms with Gasteiger partial charge < -0.3 is 19.9 Å². The number of hydrogen-bond donors (Lipinski definition) is 2. The fraction of sp³-hybridized carbons (Fsp3) is 0.387. The van der Waals surface area contributed by atoms with Gasteiger partial charge in [-0.05, 0) is 79.7 Å². The molecule has 2 N–H and O–H groups in total. The van der Waals surface area contributed by atoms with Crippen molar-refractivity contribution in [3.8, 4) is 11.1 Å². The Bertz CT molecular complexity index is 1320. The van der Waals surface area contributed by atoms with E-state index in [0.717, 1.165) is 27.8 Å². The Morgan fingerprint density at radius 2 is 1.66 bits per heavy atom. The summed E-state index contributed by atoms with van der Waals surface area (Å²) in [4.78, 5) is 40.4. The normalized spacial score (nSPS) is 12.9. The number of carboxylic acids is 1. The number of carbonyl (C=O) groups is 2. The van der Waals surface area contributed by atoms with E-state index in [4.69, 9.17) is 0 Å². The maximum absolute atomic E-state index is 13.7. The lowest BCUT2D eigenvalue weighted by molar-refractivity contribution is -0.138. The summed E-state index contributed by atoms with van der Waals surface area (Å²) in [6, 6.07) is 15.5. The summed E-state index contributed by atoms with van der Waals surface area (Å²) in [6.07, 6.45) is 1.91. The molecule has 0 aliphatic rings. The summed E-state index contributed by atoms with van der Waals surface area (Å²) in [6.45, 7) is 8.72. The number of aromatic nitrogens is 1. The summed E-state index contributed by atoms with van der Waals surface area (Å²) in [5.41, 5.74) is 5.66. The molecule has 38 heavy (non-hydrogen) atoms. The summed E-state index contributed by atoms with van der Waals surface area (Å²) in [5, 5.41) is 12.7. The molecule has 0 aliphatic carbocycles. The van der Waals surface area contributed by atoms with Gasteiger partial charge in [-0.3, -0.25) is 14.4 Å². The molecule has 7 heteroatoms. The van der Waals surface area contributed by atoms with E-state index >= 15 is 0 Å². The molecule has 1 amide bonds. The number of amides is 1. The van der Waals surface area contributed by atoms with Crippen molar-refractivity contribution in [2.75, 3.05) is 14.1 Å². The van der Waals surface area contributed by atoms with E-state index in [0.29, 0.717) is 18.5 Å². The standard InChI is InChI=1S/C31H39N3O4/c1-20(2)15-27(34-19-23(18-33(5)6)13-14-28(34)35)31(38)32-26(17-29(36)37)24-11-8-12-25(16-24)30-21(3)9-7-10-22(30)4/h7-14,16,19-20,26-27H,15,17-18H2,1-6H3,(H,32,38)(H,36,37). The minimum Gasteiger partial charge on any atom is -0.481 e.